The van der Waals surface area contributed by atoms with Crippen LogP contribution in [0.5, 0.6) is 0 Å². The minimum atomic E-state index is -0.0175. The van der Waals surface area contributed by atoms with Crippen molar-refractivity contribution in [3.8, 4) is 0 Å². The summed E-state index contributed by atoms with van der Waals surface area (Å²) in [5.74, 6) is 0. The maximum atomic E-state index is 9.25. The van der Waals surface area contributed by atoms with Crippen LogP contribution in [0.3, 0.4) is 0 Å². The van der Waals surface area contributed by atoms with Gasteiger partial charge in [0.15, 0.2) is 5.65 Å². The Balaban J connectivity index is 2.58. The molecule has 3 aromatic rings. The molecule has 2 aromatic heterocycles. The lowest BCUT2D eigenvalue weighted by Crippen LogP contribution is -1.95. The van der Waals surface area contributed by atoms with Gasteiger partial charge in [-0.1, -0.05) is 18.2 Å². The zero-order valence-electron chi connectivity index (χ0n) is 7.83. The summed E-state index contributed by atoms with van der Waals surface area (Å²) in [5.41, 5.74) is 2.37. The number of hydrogen-bond donors (Lipinski definition) is 1. The first-order chi connectivity index (χ1) is 7.40. The fourth-order valence-electron chi connectivity index (χ4n) is 1.75. The van der Waals surface area contributed by atoms with E-state index in [1.165, 1.54) is 0 Å². The van der Waals surface area contributed by atoms with Gasteiger partial charge in [-0.05, 0) is 22.6 Å². The molecule has 0 radical (unpaired) electrons. The number of aliphatic hydroxyl groups excluding tert-OH is 1. The molecule has 0 aliphatic heterocycles. The number of rotatable bonds is 1. The van der Waals surface area contributed by atoms with Crippen molar-refractivity contribution in [2.45, 2.75) is 6.61 Å². The summed E-state index contributed by atoms with van der Waals surface area (Å²) >= 11 is 0. The number of fused-ring (bicyclic) bond motifs is 3. The highest BCUT2D eigenvalue weighted by Gasteiger charge is 2.06. The second-order valence-corrected chi connectivity index (χ2v) is 3.30. The quantitative estimate of drug-likeness (QED) is 0.630. The van der Waals surface area contributed by atoms with Crippen LogP contribution >= 0.6 is 0 Å². The van der Waals surface area contributed by atoms with Crippen molar-refractivity contribution >= 4 is 16.6 Å². The van der Waals surface area contributed by atoms with Crippen molar-refractivity contribution in [1.29, 1.82) is 0 Å². The van der Waals surface area contributed by atoms with Crippen LogP contribution in [-0.4, -0.2) is 25.1 Å². The molecule has 0 saturated heterocycles. The first kappa shape index (κ1) is 8.31. The Kier molecular flexibility index (Phi) is 1.66. The Morgan fingerprint density at radius 1 is 1.20 bits per heavy atom. The molecule has 5 heteroatoms. The van der Waals surface area contributed by atoms with E-state index in [2.05, 4.69) is 15.5 Å². The van der Waals surface area contributed by atoms with Crippen molar-refractivity contribution in [1.82, 2.24) is 20.0 Å². The molecule has 15 heavy (non-hydrogen) atoms. The van der Waals surface area contributed by atoms with Crippen molar-refractivity contribution < 1.29 is 5.11 Å². The number of para-hydroxylation sites is 1. The molecule has 3 rings (SSSR count). The highest BCUT2D eigenvalue weighted by molar-refractivity contribution is 5.84. The minimum Gasteiger partial charge on any atom is -0.392 e. The SMILES string of the molecule is OCc1cccc2ccc3nnnn3c12. The molecule has 0 saturated carbocycles. The van der Waals surface area contributed by atoms with E-state index in [1.807, 2.05) is 30.3 Å². The number of aliphatic hydroxyl groups is 1. The Morgan fingerprint density at radius 3 is 3.00 bits per heavy atom. The largest absolute Gasteiger partial charge is 0.392 e. The molecule has 5 nitrogen and oxygen atoms in total. The standard InChI is InChI=1S/C10H8N4O/c15-6-8-3-1-2-7-4-5-9-11-12-13-14(9)10(7)8/h1-5,15H,6H2. The lowest BCUT2D eigenvalue weighted by atomic mass is 10.1. The van der Waals surface area contributed by atoms with E-state index in [9.17, 15) is 5.11 Å². The molecule has 0 spiro atoms. The topological polar surface area (TPSA) is 63.3 Å². The Hall–Kier alpha value is -2.01. The second-order valence-electron chi connectivity index (χ2n) is 3.30. The van der Waals surface area contributed by atoms with E-state index < -0.39 is 0 Å². The third-order valence-electron chi connectivity index (χ3n) is 2.44. The van der Waals surface area contributed by atoms with Gasteiger partial charge in [0.05, 0.1) is 12.1 Å². The highest BCUT2D eigenvalue weighted by atomic mass is 16.3. The van der Waals surface area contributed by atoms with Gasteiger partial charge in [0.1, 0.15) is 0 Å². The molecular weight excluding hydrogens is 192 g/mol. The van der Waals surface area contributed by atoms with Crippen molar-refractivity contribution in [2.24, 2.45) is 0 Å². The second kappa shape index (κ2) is 2.99. The summed E-state index contributed by atoms with van der Waals surface area (Å²) in [6.45, 7) is -0.0175. The first-order valence-electron chi connectivity index (χ1n) is 4.60. The Morgan fingerprint density at radius 2 is 2.13 bits per heavy atom. The zero-order valence-corrected chi connectivity index (χ0v) is 7.83. The normalized spacial score (nSPS) is 11.3. The number of nitrogens with zero attached hydrogens (tertiary/aromatic N) is 4. The van der Waals surface area contributed by atoms with E-state index in [-0.39, 0.29) is 6.61 Å². The van der Waals surface area contributed by atoms with Gasteiger partial charge in [-0.25, -0.2) is 0 Å². The molecular formula is C10H8N4O. The van der Waals surface area contributed by atoms with Crippen LogP contribution in [0, 0.1) is 0 Å². The molecule has 2 heterocycles. The predicted molar refractivity (Wildman–Crippen MR) is 54.2 cm³/mol. The van der Waals surface area contributed by atoms with E-state index in [1.54, 1.807) is 4.52 Å². The molecule has 1 N–H and O–H groups in total. The van der Waals surface area contributed by atoms with Crippen LogP contribution in [0.1, 0.15) is 5.56 Å². The van der Waals surface area contributed by atoms with Gasteiger partial charge in [0, 0.05) is 10.9 Å². The van der Waals surface area contributed by atoms with Crippen molar-refractivity contribution in [3.05, 3.63) is 35.9 Å². The van der Waals surface area contributed by atoms with Crippen LogP contribution in [0.4, 0.5) is 0 Å². The summed E-state index contributed by atoms with van der Waals surface area (Å²) < 4.78 is 1.64. The van der Waals surface area contributed by atoms with Crippen LogP contribution in [0.15, 0.2) is 30.3 Å². The number of pyridine rings is 1. The molecule has 0 atom stereocenters. The van der Waals surface area contributed by atoms with E-state index in [0.29, 0.717) is 5.65 Å². The molecule has 0 bridgehead atoms. The van der Waals surface area contributed by atoms with E-state index >= 15 is 0 Å². The van der Waals surface area contributed by atoms with Crippen LogP contribution in [0.25, 0.3) is 16.6 Å². The average molecular weight is 200 g/mol. The van der Waals surface area contributed by atoms with Crippen LogP contribution in [-0.2, 0) is 6.61 Å². The van der Waals surface area contributed by atoms with Crippen molar-refractivity contribution in [2.75, 3.05) is 0 Å². The maximum Gasteiger partial charge on any atom is 0.179 e. The van der Waals surface area contributed by atoms with Crippen LogP contribution < -0.4 is 0 Å². The molecule has 0 fully saturated rings. The summed E-state index contributed by atoms with van der Waals surface area (Å²) in [6, 6.07) is 9.53. The lowest BCUT2D eigenvalue weighted by molar-refractivity contribution is 0.283. The summed E-state index contributed by atoms with van der Waals surface area (Å²) in [4.78, 5) is 0. The Bertz CT molecular complexity index is 631. The maximum absolute atomic E-state index is 9.25. The number of aromatic nitrogens is 4. The van der Waals surface area contributed by atoms with Gasteiger partial charge >= 0.3 is 0 Å². The number of benzene rings is 1. The summed E-state index contributed by atoms with van der Waals surface area (Å²) in [6.07, 6.45) is 0. The van der Waals surface area contributed by atoms with E-state index in [4.69, 9.17) is 0 Å². The van der Waals surface area contributed by atoms with Gasteiger partial charge in [0.25, 0.3) is 0 Å². The smallest absolute Gasteiger partial charge is 0.179 e. The fourth-order valence-corrected chi connectivity index (χ4v) is 1.75. The molecule has 0 aliphatic rings. The van der Waals surface area contributed by atoms with Gasteiger partial charge in [-0.2, -0.15) is 4.52 Å². The monoisotopic (exact) mass is 200 g/mol. The third-order valence-corrected chi connectivity index (χ3v) is 2.44. The number of tetrazole rings is 1. The third kappa shape index (κ3) is 1.10. The molecule has 0 amide bonds. The Labute approximate surface area is 85.0 Å². The van der Waals surface area contributed by atoms with Crippen LogP contribution in [0.2, 0.25) is 0 Å². The molecule has 0 aliphatic carbocycles. The minimum absolute atomic E-state index is 0.0175. The van der Waals surface area contributed by atoms with Gasteiger partial charge < -0.3 is 5.11 Å². The lowest BCUT2D eigenvalue weighted by Gasteiger charge is -2.04. The van der Waals surface area contributed by atoms with E-state index in [0.717, 1.165) is 16.5 Å². The zero-order chi connectivity index (χ0) is 10.3. The highest BCUT2D eigenvalue weighted by Crippen LogP contribution is 2.19. The molecule has 74 valence electrons. The first-order valence-corrected chi connectivity index (χ1v) is 4.60. The molecule has 0 unspecified atom stereocenters. The number of hydrogen-bond acceptors (Lipinski definition) is 4. The summed E-state index contributed by atoms with van der Waals surface area (Å²) in [5, 5.41) is 21.6. The summed E-state index contributed by atoms with van der Waals surface area (Å²) in [7, 11) is 0. The fraction of sp³-hybridized carbons (Fsp3) is 0.100. The molecule has 1 aromatic carbocycles. The van der Waals surface area contributed by atoms with Gasteiger partial charge in [-0.15, -0.1) is 5.10 Å². The van der Waals surface area contributed by atoms with Gasteiger partial charge in [0.2, 0.25) is 0 Å². The predicted octanol–water partition coefficient (Wildman–Crippen LogP) is 0.770. The average Bonchev–Trinajstić information content (AvgIpc) is 2.76. The van der Waals surface area contributed by atoms with Gasteiger partial charge in [-0.3, -0.25) is 0 Å². The van der Waals surface area contributed by atoms with Crippen molar-refractivity contribution in [3.63, 3.8) is 0 Å².